The van der Waals surface area contributed by atoms with E-state index in [4.69, 9.17) is 4.99 Å². The summed E-state index contributed by atoms with van der Waals surface area (Å²) in [7, 11) is 0. The number of allylic oxidation sites excluding steroid dienone is 3. The summed E-state index contributed by atoms with van der Waals surface area (Å²) in [5.74, 6) is 0.195. The molecule has 0 saturated heterocycles. The van der Waals surface area contributed by atoms with E-state index in [0.29, 0.717) is 0 Å². The zero-order chi connectivity index (χ0) is 39.6. The second-order valence-electron chi connectivity index (χ2n) is 14.7. The molecule has 9 rings (SSSR count). The van der Waals surface area contributed by atoms with Crippen LogP contribution in [0.5, 0.6) is 0 Å². The van der Waals surface area contributed by atoms with Gasteiger partial charge in [0.2, 0.25) is 0 Å². The number of amidine groups is 1. The van der Waals surface area contributed by atoms with Crippen molar-refractivity contribution in [3.8, 4) is 33.4 Å². The molecular formula is C55H41N3. The molecule has 0 unspecified atom stereocenters. The Balaban J connectivity index is 1.30. The number of nitrogens with zero attached hydrogens (tertiary/aromatic N) is 2. The van der Waals surface area contributed by atoms with Crippen LogP contribution in [-0.2, 0) is 0 Å². The lowest BCUT2D eigenvalue weighted by Crippen LogP contribution is -2.10. The number of pyridine rings is 1. The van der Waals surface area contributed by atoms with Crippen molar-refractivity contribution >= 4 is 49.4 Å². The van der Waals surface area contributed by atoms with Crippen molar-refractivity contribution in [1.29, 1.82) is 5.41 Å². The van der Waals surface area contributed by atoms with Gasteiger partial charge in [-0.2, -0.15) is 0 Å². The highest BCUT2D eigenvalue weighted by Gasteiger charge is 2.18. The Morgan fingerprint density at radius 2 is 1.00 bits per heavy atom. The molecule has 0 fully saturated rings. The quantitative estimate of drug-likeness (QED) is 0.0716. The van der Waals surface area contributed by atoms with Gasteiger partial charge in [-0.15, -0.1) is 0 Å². The van der Waals surface area contributed by atoms with E-state index in [1.165, 1.54) is 32.3 Å². The minimum absolute atomic E-state index is 0.195. The summed E-state index contributed by atoms with van der Waals surface area (Å²) in [6.07, 6.45) is 5.57. The third-order valence-corrected chi connectivity index (χ3v) is 11.2. The predicted molar refractivity (Wildman–Crippen MR) is 247 cm³/mol. The summed E-state index contributed by atoms with van der Waals surface area (Å²) in [6.45, 7) is 8.50. The fourth-order valence-corrected chi connectivity index (χ4v) is 8.19. The fourth-order valence-electron chi connectivity index (χ4n) is 8.19. The molecule has 1 N–H and O–H groups in total. The summed E-state index contributed by atoms with van der Waals surface area (Å²) in [4.78, 5) is 9.39. The first-order valence-corrected chi connectivity index (χ1v) is 19.6. The minimum atomic E-state index is 0.195. The second-order valence-corrected chi connectivity index (χ2v) is 14.7. The number of fused-ring (bicyclic) bond motifs is 6. The SMILES string of the molecule is C=C/C(=C(/C)C(=NC(=N)c1ccccc1)c1cc(-c2ccc(-c3ccncc3)cc2)cc(-c2ccc3c4ccccc4c4ccccc4c3c2)c1)c1ccccc1C. The van der Waals surface area contributed by atoms with E-state index in [9.17, 15) is 5.41 Å². The number of aryl methyl sites for hydroxylation is 1. The number of benzene rings is 8. The normalized spacial score (nSPS) is 12.1. The molecule has 0 amide bonds. The summed E-state index contributed by atoms with van der Waals surface area (Å²) < 4.78 is 0. The van der Waals surface area contributed by atoms with Crippen LogP contribution in [-0.4, -0.2) is 16.5 Å². The Kier molecular flexibility index (Phi) is 9.71. The minimum Gasteiger partial charge on any atom is -0.282 e. The van der Waals surface area contributed by atoms with Gasteiger partial charge in [0.25, 0.3) is 0 Å². The van der Waals surface area contributed by atoms with Crippen molar-refractivity contribution in [3.63, 3.8) is 0 Å². The van der Waals surface area contributed by atoms with Crippen LogP contribution in [0.25, 0.3) is 71.3 Å². The Bertz CT molecular complexity index is 3050. The smallest absolute Gasteiger partial charge is 0.152 e. The van der Waals surface area contributed by atoms with Crippen LogP contribution in [0, 0.1) is 12.3 Å². The summed E-state index contributed by atoms with van der Waals surface area (Å²) >= 11 is 0. The predicted octanol–water partition coefficient (Wildman–Crippen LogP) is 14.3. The number of rotatable bonds is 8. The molecule has 0 aliphatic carbocycles. The number of hydrogen-bond donors (Lipinski definition) is 1. The lowest BCUT2D eigenvalue weighted by molar-refractivity contribution is 1.33. The molecule has 1 aromatic heterocycles. The van der Waals surface area contributed by atoms with E-state index in [1.807, 2.05) is 60.9 Å². The van der Waals surface area contributed by atoms with Crippen LogP contribution in [0.15, 0.2) is 212 Å². The van der Waals surface area contributed by atoms with Gasteiger partial charge in [0.1, 0.15) is 0 Å². The fraction of sp³-hybridized carbons (Fsp3) is 0.0364. The molecule has 0 aliphatic heterocycles. The van der Waals surface area contributed by atoms with Crippen molar-refractivity contribution in [2.24, 2.45) is 4.99 Å². The molecule has 276 valence electrons. The van der Waals surface area contributed by atoms with Gasteiger partial charge < -0.3 is 0 Å². The van der Waals surface area contributed by atoms with Crippen LogP contribution in [0.4, 0.5) is 0 Å². The van der Waals surface area contributed by atoms with Gasteiger partial charge in [-0.1, -0.05) is 152 Å². The molecular weight excluding hydrogens is 703 g/mol. The Morgan fingerprint density at radius 1 is 0.500 bits per heavy atom. The molecule has 0 radical (unpaired) electrons. The maximum Gasteiger partial charge on any atom is 0.152 e. The van der Waals surface area contributed by atoms with Gasteiger partial charge in [-0.05, 0) is 138 Å². The van der Waals surface area contributed by atoms with Crippen molar-refractivity contribution in [2.45, 2.75) is 13.8 Å². The standard InChI is InChI=1S/C55H41N3/c1-4-46(47-17-9-8-14-36(47)2)37(3)54(58-55(56)41-15-6-5-7-16-41)45-33-43(39-24-22-38(23-25-39)40-28-30-57-31-29-40)32-44(34-45)42-26-27-52-50-20-11-10-18-48(50)49-19-12-13-21-51(49)53(52)35-42/h4-35,56H,1H2,2-3H3/b46-37+,56-55?,58-54?. The Morgan fingerprint density at radius 3 is 1.62 bits per heavy atom. The molecule has 8 aromatic carbocycles. The summed E-state index contributed by atoms with van der Waals surface area (Å²) in [5, 5.41) is 16.7. The zero-order valence-corrected chi connectivity index (χ0v) is 32.6. The van der Waals surface area contributed by atoms with E-state index in [0.717, 1.165) is 72.5 Å². The van der Waals surface area contributed by atoms with Gasteiger partial charge >= 0.3 is 0 Å². The van der Waals surface area contributed by atoms with Crippen molar-refractivity contribution in [3.05, 3.63) is 229 Å². The highest BCUT2D eigenvalue weighted by molar-refractivity contribution is 6.26. The van der Waals surface area contributed by atoms with E-state index >= 15 is 0 Å². The van der Waals surface area contributed by atoms with Crippen LogP contribution in [0.1, 0.15) is 29.2 Å². The molecule has 0 saturated carbocycles. The maximum atomic E-state index is 9.28. The number of aliphatic imine (C=N–C) groups is 1. The van der Waals surface area contributed by atoms with Gasteiger partial charge in [-0.25, -0.2) is 4.99 Å². The molecule has 0 aliphatic rings. The van der Waals surface area contributed by atoms with Crippen molar-refractivity contribution < 1.29 is 0 Å². The monoisotopic (exact) mass is 743 g/mol. The largest absolute Gasteiger partial charge is 0.282 e. The molecule has 1 heterocycles. The highest BCUT2D eigenvalue weighted by Crippen LogP contribution is 2.39. The first-order valence-electron chi connectivity index (χ1n) is 19.6. The van der Waals surface area contributed by atoms with Crippen LogP contribution in [0.3, 0.4) is 0 Å². The first-order chi connectivity index (χ1) is 28.5. The number of hydrogen-bond acceptors (Lipinski definition) is 2. The molecule has 0 bridgehead atoms. The second kappa shape index (κ2) is 15.6. The molecule has 3 nitrogen and oxygen atoms in total. The van der Waals surface area contributed by atoms with Gasteiger partial charge in [0.15, 0.2) is 5.84 Å². The topological polar surface area (TPSA) is 49.1 Å². The van der Waals surface area contributed by atoms with Gasteiger partial charge in [0, 0.05) is 23.5 Å². The van der Waals surface area contributed by atoms with E-state index in [-0.39, 0.29) is 5.84 Å². The molecule has 3 heteroatoms. The third-order valence-electron chi connectivity index (χ3n) is 11.2. The lowest BCUT2D eigenvalue weighted by Gasteiger charge is -2.18. The molecule has 58 heavy (non-hydrogen) atoms. The molecule has 0 atom stereocenters. The zero-order valence-electron chi connectivity index (χ0n) is 32.6. The first kappa shape index (κ1) is 36.2. The van der Waals surface area contributed by atoms with Crippen LogP contribution < -0.4 is 0 Å². The third kappa shape index (κ3) is 6.84. The molecule has 0 spiro atoms. The summed E-state index contributed by atoms with van der Waals surface area (Å²) in [5.41, 5.74) is 13.1. The van der Waals surface area contributed by atoms with E-state index in [1.54, 1.807) is 0 Å². The number of aromatic nitrogens is 1. The van der Waals surface area contributed by atoms with Gasteiger partial charge in [-0.3, -0.25) is 10.4 Å². The highest BCUT2D eigenvalue weighted by atomic mass is 14.8. The Labute approximate surface area is 339 Å². The van der Waals surface area contributed by atoms with Gasteiger partial charge in [0.05, 0.1) is 5.71 Å². The maximum absolute atomic E-state index is 9.28. The van der Waals surface area contributed by atoms with Crippen molar-refractivity contribution in [2.75, 3.05) is 0 Å². The van der Waals surface area contributed by atoms with Crippen molar-refractivity contribution in [1.82, 2.24) is 4.98 Å². The Hall–Kier alpha value is -7.49. The lowest BCUT2D eigenvalue weighted by atomic mass is 9.88. The average molecular weight is 744 g/mol. The summed E-state index contributed by atoms with van der Waals surface area (Å²) in [6, 6.07) is 61.9. The van der Waals surface area contributed by atoms with Crippen LogP contribution in [0.2, 0.25) is 0 Å². The van der Waals surface area contributed by atoms with Crippen LogP contribution >= 0.6 is 0 Å². The average Bonchev–Trinajstić information content (AvgIpc) is 3.29. The van der Waals surface area contributed by atoms with E-state index in [2.05, 4.69) is 159 Å². The van der Waals surface area contributed by atoms with E-state index < -0.39 is 0 Å². The molecule has 9 aromatic rings. The number of nitrogens with one attached hydrogen (secondary N) is 1.